The average Bonchev–Trinajstić information content (AvgIpc) is 2.88. The van der Waals surface area contributed by atoms with Crippen molar-refractivity contribution >= 4 is 38.4 Å². The lowest BCUT2D eigenvalue weighted by molar-refractivity contribution is -0.144. The van der Waals surface area contributed by atoms with Gasteiger partial charge in [-0.25, -0.2) is 8.42 Å². The standard InChI is InChI=1S/C19H20N2O5S/c1-11-12(19(23)24)7-4-10-21(11)27(25,26)16-9-8-15-17-13(16)5-3-6-14(17)18(22)20(15)2/h3,5-6,8-9,11-12H,4,7,10H2,1-2H3,(H,23,24)/t11-,12-/m1/s1. The van der Waals surface area contributed by atoms with Crippen LogP contribution in [0.1, 0.15) is 30.1 Å². The molecule has 4 rings (SSSR count). The fraction of sp³-hybridized carbons (Fsp3) is 0.368. The topological polar surface area (TPSA) is 95.0 Å². The van der Waals surface area contributed by atoms with Crippen molar-refractivity contribution in [2.24, 2.45) is 5.92 Å². The molecule has 1 amide bonds. The monoisotopic (exact) mass is 388 g/mol. The van der Waals surface area contributed by atoms with E-state index < -0.39 is 28.0 Å². The minimum absolute atomic E-state index is 0.115. The van der Waals surface area contributed by atoms with Gasteiger partial charge in [0.15, 0.2) is 0 Å². The van der Waals surface area contributed by atoms with Gasteiger partial charge in [0.25, 0.3) is 5.91 Å². The molecule has 2 aromatic rings. The van der Waals surface area contributed by atoms with Gasteiger partial charge in [-0.15, -0.1) is 0 Å². The van der Waals surface area contributed by atoms with E-state index >= 15 is 0 Å². The summed E-state index contributed by atoms with van der Waals surface area (Å²) in [5.74, 6) is -1.87. The summed E-state index contributed by atoms with van der Waals surface area (Å²) >= 11 is 0. The number of piperidine rings is 1. The van der Waals surface area contributed by atoms with Crippen LogP contribution in [0.4, 0.5) is 5.69 Å². The zero-order valence-corrected chi connectivity index (χ0v) is 15.9. The Morgan fingerprint density at radius 3 is 2.67 bits per heavy atom. The van der Waals surface area contributed by atoms with Gasteiger partial charge in [-0.1, -0.05) is 12.1 Å². The predicted molar refractivity (Wildman–Crippen MR) is 100 cm³/mol. The van der Waals surface area contributed by atoms with Crippen LogP contribution in [0.15, 0.2) is 35.2 Å². The molecule has 0 unspecified atom stereocenters. The molecule has 2 heterocycles. The number of nitrogens with zero attached hydrogens (tertiary/aromatic N) is 2. The normalized spacial score (nSPS) is 23.2. The van der Waals surface area contributed by atoms with E-state index in [4.69, 9.17) is 0 Å². The number of carbonyl (C=O) groups excluding carboxylic acids is 1. The van der Waals surface area contributed by atoms with Crippen molar-refractivity contribution in [3.8, 4) is 0 Å². The fourth-order valence-corrected chi connectivity index (χ4v) is 6.14. The van der Waals surface area contributed by atoms with Crippen molar-refractivity contribution in [2.75, 3.05) is 18.5 Å². The van der Waals surface area contributed by atoms with Crippen molar-refractivity contribution < 1.29 is 23.1 Å². The number of hydrogen-bond donors (Lipinski definition) is 1. The molecule has 0 radical (unpaired) electrons. The van der Waals surface area contributed by atoms with E-state index in [1.165, 1.54) is 15.3 Å². The maximum absolute atomic E-state index is 13.4. The fourth-order valence-electron chi connectivity index (χ4n) is 4.24. The molecule has 7 nitrogen and oxygen atoms in total. The van der Waals surface area contributed by atoms with Crippen LogP contribution in [0.25, 0.3) is 10.8 Å². The van der Waals surface area contributed by atoms with Gasteiger partial charge in [0.1, 0.15) is 0 Å². The molecule has 2 aromatic carbocycles. The second-order valence-corrected chi connectivity index (χ2v) is 8.98. The number of amides is 1. The summed E-state index contributed by atoms with van der Waals surface area (Å²) in [5, 5.41) is 10.5. The molecule has 0 saturated carbocycles. The largest absolute Gasteiger partial charge is 0.481 e. The minimum atomic E-state index is -3.90. The molecule has 8 heteroatoms. The zero-order valence-electron chi connectivity index (χ0n) is 15.0. The summed E-state index contributed by atoms with van der Waals surface area (Å²) in [6, 6.07) is 7.60. The van der Waals surface area contributed by atoms with Crippen LogP contribution in [0.3, 0.4) is 0 Å². The molecule has 142 valence electrons. The molecule has 0 bridgehead atoms. The average molecular weight is 388 g/mol. The Kier molecular flexibility index (Phi) is 4.01. The second-order valence-electron chi connectivity index (χ2n) is 7.12. The third kappa shape index (κ3) is 2.47. The lowest BCUT2D eigenvalue weighted by atomic mass is 9.92. The van der Waals surface area contributed by atoms with Crippen LogP contribution >= 0.6 is 0 Å². The number of carboxylic acids is 1. The maximum Gasteiger partial charge on any atom is 0.308 e. The molecule has 1 saturated heterocycles. The summed E-state index contributed by atoms with van der Waals surface area (Å²) in [6.45, 7) is 1.93. The Morgan fingerprint density at radius 2 is 1.96 bits per heavy atom. The predicted octanol–water partition coefficient (Wildman–Crippen LogP) is 2.30. The first-order valence-corrected chi connectivity index (χ1v) is 10.3. The number of carboxylic acid groups (broad SMARTS) is 1. The van der Waals surface area contributed by atoms with E-state index in [1.807, 2.05) is 0 Å². The first-order valence-electron chi connectivity index (χ1n) is 8.83. The summed E-state index contributed by atoms with van der Waals surface area (Å²) in [4.78, 5) is 25.5. The van der Waals surface area contributed by atoms with Gasteiger partial charge in [-0.3, -0.25) is 9.59 Å². The highest BCUT2D eigenvalue weighted by molar-refractivity contribution is 7.89. The van der Waals surface area contributed by atoms with Crippen LogP contribution in [0.2, 0.25) is 0 Å². The first kappa shape index (κ1) is 17.9. The number of aliphatic carboxylic acids is 1. The number of sulfonamides is 1. The Balaban J connectivity index is 1.88. The summed E-state index contributed by atoms with van der Waals surface area (Å²) in [5.41, 5.74) is 1.16. The second kappa shape index (κ2) is 6.03. The highest BCUT2D eigenvalue weighted by Crippen LogP contribution is 2.41. The Labute approximate surface area is 157 Å². The summed E-state index contributed by atoms with van der Waals surface area (Å²) in [7, 11) is -2.24. The van der Waals surface area contributed by atoms with Gasteiger partial charge in [-0.2, -0.15) is 4.31 Å². The maximum atomic E-state index is 13.4. The van der Waals surface area contributed by atoms with Crippen molar-refractivity contribution in [1.82, 2.24) is 4.31 Å². The molecular weight excluding hydrogens is 368 g/mol. The van der Waals surface area contributed by atoms with Crippen molar-refractivity contribution in [2.45, 2.75) is 30.7 Å². The Morgan fingerprint density at radius 1 is 1.22 bits per heavy atom. The van der Waals surface area contributed by atoms with Gasteiger partial charge < -0.3 is 10.0 Å². The van der Waals surface area contributed by atoms with E-state index in [9.17, 15) is 23.1 Å². The molecule has 2 atom stereocenters. The highest BCUT2D eigenvalue weighted by Gasteiger charge is 2.40. The lowest BCUT2D eigenvalue weighted by Gasteiger charge is -2.36. The lowest BCUT2D eigenvalue weighted by Crippen LogP contribution is -2.49. The number of carbonyl (C=O) groups is 2. The van der Waals surface area contributed by atoms with Gasteiger partial charge >= 0.3 is 5.97 Å². The van der Waals surface area contributed by atoms with Crippen LogP contribution in [-0.4, -0.2) is 49.3 Å². The van der Waals surface area contributed by atoms with Crippen LogP contribution in [-0.2, 0) is 14.8 Å². The SMILES string of the molecule is C[C@@H]1[C@H](C(=O)O)CCCN1S(=O)(=O)c1ccc2c3c(cccc13)C(=O)N2C. The first-order chi connectivity index (χ1) is 12.7. The van der Waals surface area contributed by atoms with Crippen molar-refractivity contribution in [1.29, 1.82) is 0 Å². The smallest absolute Gasteiger partial charge is 0.308 e. The summed E-state index contributed by atoms with van der Waals surface area (Å²) in [6.07, 6.45) is 0.967. The Hall–Kier alpha value is -2.45. The Bertz CT molecular complexity index is 1080. The number of benzene rings is 2. The van der Waals surface area contributed by atoms with E-state index in [0.717, 1.165) is 0 Å². The van der Waals surface area contributed by atoms with Crippen molar-refractivity contribution in [3.63, 3.8) is 0 Å². The highest BCUT2D eigenvalue weighted by atomic mass is 32.2. The molecule has 0 aromatic heterocycles. The molecular formula is C19H20N2O5S. The molecule has 2 aliphatic rings. The molecule has 2 aliphatic heterocycles. The third-order valence-electron chi connectivity index (χ3n) is 5.71. The number of hydrogen-bond acceptors (Lipinski definition) is 4. The van der Waals surface area contributed by atoms with Gasteiger partial charge in [0.2, 0.25) is 10.0 Å². The van der Waals surface area contributed by atoms with Crippen molar-refractivity contribution in [3.05, 3.63) is 35.9 Å². The van der Waals surface area contributed by atoms with Crippen LogP contribution in [0.5, 0.6) is 0 Å². The molecule has 1 N–H and O–H groups in total. The molecule has 27 heavy (non-hydrogen) atoms. The van der Waals surface area contributed by atoms with E-state index in [0.29, 0.717) is 34.9 Å². The van der Waals surface area contributed by atoms with E-state index in [2.05, 4.69) is 0 Å². The van der Waals surface area contributed by atoms with Crippen LogP contribution < -0.4 is 4.90 Å². The quantitative estimate of drug-likeness (QED) is 0.871. The van der Waals surface area contributed by atoms with Gasteiger partial charge in [0.05, 0.1) is 16.5 Å². The van der Waals surface area contributed by atoms with E-state index in [-0.39, 0.29) is 17.3 Å². The number of rotatable bonds is 3. The minimum Gasteiger partial charge on any atom is -0.481 e. The molecule has 1 fully saturated rings. The molecule has 0 spiro atoms. The number of anilines is 1. The zero-order chi connectivity index (χ0) is 19.5. The molecule has 0 aliphatic carbocycles. The van der Waals surface area contributed by atoms with E-state index in [1.54, 1.807) is 38.2 Å². The van der Waals surface area contributed by atoms with Gasteiger partial charge in [-0.05, 0) is 38.0 Å². The van der Waals surface area contributed by atoms with Crippen LogP contribution in [0, 0.1) is 5.92 Å². The van der Waals surface area contributed by atoms with Gasteiger partial charge in [0, 0.05) is 36.0 Å². The third-order valence-corrected chi connectivity index (χ3v) is 7.75. The summed E-state index contributed by atoms with van der Waals surface area (Å²) < 4.78 is 28.1.